The molecule has 1 heterocycles. The number of sulfonamides is 1. The van der Waals surface area contributed by atoms with Crippen LogP contribution in [0.5, 0.6) is 0 Å². The highest BCUT2D eigenvalue weighted by atomic mass is 35.5. The van der Waals surface area contributed by atoms with Crippen molar-refractivity contribution in [2.24, 2.45) is 0 Å². The van der Waals surface area contributed by atoms with E-state index in [9.17, 15) is 18.0 Å². The third kappa shape index (κ3) is 4.44. The Labute approximate surface area is 198 Å². The maximum atomic E-state index is 13.8. The summed E-state index contributed by atoms with van der Waals surface area (Å²) in [5.41, 5.74) is 1.99. The molecule has 3 aromatic rings. The molecule has 1 aliphatic rings. The summed E-state index contributed by atoms with van der Waals surface area (Å²) in [5, 5.41) is 0.468. The zero-order valence-corrected chi connectivity index (χ0v) is 19.8. The first-order chi connectivity index (χ1) is 15.7. The number of benzene rings is 3. The van der Waals surface area contributed by atoms with Crippen molar-refractivity contribution in [2.75, 3.05) is 4.90 Å². The molecule has 1 saturated heterocycles. The molecule has 1 fully saturated rings. The van der Waals surface area contributed by atoms with Crippen LogP contribution in [0.15, 0.2) is 83.8 Å². The molecule has 0 aromatic heterocycles. The molecule has 33 heavy (non-hydrogen) atoms. The van der Waals surface area contributed by atoms with E-state index in [1.54, 1.807) is 55.5 Å². The van der Waals surface area contributed by atoms with Crippen LogP contribution in [0.25, 0.3) is 0 Å². The molecule has 0 spiro atoms. The fourth-order valence-electron chi connectivity index (χ4n) is 4.03. The molecule has 6 nitrogen and oxygen atoms in total. The SMILES string of the molecule is Cc1ccc(S(=O)(=O)N(C2CC(=O)N(c3ccc(Cl)cc3)C2=O)C(C)c2ccccc2)cc1. The van der Waals surface area contributed by atoms with Gasteiger partial charge in [0.15, 0.2) is 0 Å². The van der Waals surface area contributed by atoms with Crippen molar-refractivity contribution in [1.29, 1.82) is 0 Å². The van der Waals surface area contributed by atoms with Crippen LogP contribution in [-0.2, 0) is 19.6 Å². The number of anilines is 1. The first-order valence-corrected chi connectivity index (χ1v) is 12.3. The lowest BCUT2D eigenvalue weighted by Crippen LogP contribution is -2.46. The summed E-state index contributed by atoms with van der Waals surface area (Å²) in [7, 11) is -4.10. The first-order valence-electron chi connectivity index (χ1n) is 10.5. The van der Waals surface area contributed by atoms with Gasteiger partial charge in [-0.2, -0.15) is 4.31 Å². The Kier molecular flexibility index (Phi) is 6.38. The third-order valence-electron chi connectivity index (χ3n) is 5.77. The molecule has 1 aliphatic heterocycles. The second-order valence-electron chi connectivity index (χ2n) is 8.00. The van der Waals surface area contributed by atoms with E-state index < -0.39 is 33.9 Å². The van der Waals surface area contributed by atoms with Gasteiger partial charge in [0.05, 0.1) is 17.0 Å². The Morgan fingerprint density at radius 3 is 2.15 bits per heavy atom. The number of halogens is 1. The standard InChI is InChI=1S/C25H23ClN2O4S/c1-17-8-14-22(15-9-17)33(31,32)28(18(2)19-6-4-3-5-7-19)23-16-24(29)27(25(23)30)21-12-10-20(26)11-13-21/h3-15,18,23H,16H2,1-2H3. The fourth-order valence-corrected chi connectivity index (χ4v) is 5.92. The van der Waals surface area contributed by atoms with E-state index in [1.807, 2.05) is 25.1 Å². The van der Waals surface area contributed by atoms with E-state index in [1.165, 1.54) is 16.4 Å². The van der Waals surface area contributed by atoms with E-state index in [0.29, 0.717) is 10.7 Å². The number of carbonyl (C=O) groups is 2. The number of amides is 2. The molecule has 0 N–H and O–H groups in total. The van der Waals surface area contributed by atoms with Crippen molar-refractivity contribution in [3.05, 3.63) is 95.0 Å². The zero-order chi connectivity index (χ0) is 23.8. The minimum atomic E-state index is -4.10. The minimum Gasteiger partial charge on any atom is -0.274 e. The Morgan fingerprint density at radius 1 is 0.939 bits per heavy atom. The zero-order valence-electron chi connectivity index (χ0n) is 18.2. The van der Waals surface area contributed by atoms with Crippen LogP contribution < -0.4 is 4.90 Å². The van der Waals surface area contributed by atoms with Crippen LogP contribution in [-0.4, -0.2) is 30.6 Å². The molecule has 2 amide bonds. The maximum absolute atomic E-state index is 13.8. The van der Waals surface area contributed by atoms with Crippen molar-refractivity contribution < 1.29 is 18.0 Å². The molecule has 0 bridgehead atoms. The molecule has 170 valence electrons. The average Bonchev–Trinajstić information content (AvgIpc) is 3.08. The average molecular weight is 483 g/mol. The largest absolute Gasteiger partial charge is 0.274 e. The van der Waals surface area contributed by atoms with Crippen molar-refractivity contribution in [1.82, 2.24) is 4.31 Å². The molecule has 4 rings (SSSR count). The number of hydrogen-bond acceptors (Lipinski definition) is 4. The van der Waals surface area contributed by atoms with Gasteiger partial charge in [-0.25, -0.2) is 13.3 Å². The summed E-state index contributed by atoms with van der Waals surface area (Å²) in [6.45, 7) is 3.59. The molecule has 0 aliphatic carbocycles. The normalized spacial score (nSPS) is 17.6. The summed E-state index contributed by atoms with van der Waals surface area (Å²) in [6.07, 6.45) is -0.246. The number of nitrogens with zero attached hydrogens (tertiary/aromatic N) is 2. The molecular formula is C25H23ClN2O4S. The van der Waals surface area contributed by atoms with E-state index >= 15 is 0 Å². The van der Waals surface area contributed by atoms with Gasteiger partial charge in [0, 0.05) is 11.1 Å². The topological polar surface area (TPSA) is 74.8 Å². The third-order valence-corrected chi connectivity index (χ3v) is 8.02. The van der Waals surface area contributed by atoms with E-state index in [0.717, 1.165) is 16.0 Å². The van der Waals surface area contributed by atoms with Gasteiger partial charge in [-0.05, 0) is 55.8 Å². The number of carbonyl (C=O) groups excluding carboxylic acids is 2. The summed E-state index contributed by atoms with van der Waals surface area (Å²) in [5.74, 6) is -1.04. The van der Waals surface area contributed by atoms with E-state index in [2.05, 4.69) is 0 Å². The predicted molar refractivity (Wildman–Crippen MR) is 127 cm³/mol. The van der Waals surface area contributed by atoms with Gasteiger partial charge in [0.2, 0.25) is 15.9 Å². The molecule has 0 saturated carbocycles. The van der Waals surface area contributed by atoms with Gasteiger partial charge < -0.3 is 0 Å². The van der Waals surface area contributed by atoms with Crippen LogP contribution in [0.2, 0.25) is 5.02 Å². The smallest absolute Gasteiger partial charge is 0.252 e. The number of hydrogen-bond donors (Lipinski definition) is 0. The Morgan fingerprint density at radius 2 is 1.55 bits per heavy atom. The lowest BCUT2D eigenvalue weighted by atomic mass is 10.1. The first kappa shape index (κ1) is 23.2. The molecular weight excluding hydrogens is 460 g/mol. The second kappa shape index (κ2) is 9.09. The van der Waals surface area contributed by atoms with Crippen molar-refractivity contribution in [2.45, 2.75) is 37.2 Å². The van der Waals surface area contributed by atoms with Crippen LogP contribution in [0.4, 0.5) is 5.69 Å². The summed E-state index contributed by atoms with van der Waals surface area (Å²) in [4.78, 5) is 27.5. The highest BCUT2D eigenvalue weighted by Crippen LogP contribution is 2.35. The van der Waals surface area contributed by atoms with Gasteiger partial charge in [0.1, 0.15) is 6.04 Å². The number of rotatable bonds is 6. The molecule has 2 unspecified atom stereocenters. The summed E-state index contributed by atoms with van der Waals surface area (Å²) in [6, 6.07) is 20.0. The Balaban J connectivity index is 1.79. The lowest BCUT2D eigenvalue weighted by molar-refractivity contribution is -0.122. The predicted octanol–water partition coefficient (Wildman–Crippen LogP) is 4.73. The quantitative estimate of drug-likeness (QED) is 0.476. The number of imide groups is 1. The van der Waals surface area contributed by atoms with Crippen LogP contribution in [0.1, 0.15) is 30.5 Å². The van der Waals surface area contributed by atoms with Crippen LogP contribution in [0.3, 0.4) is 0 Å². The van der Waals surface area contributed by atoms with Gasteiger partial charge in [-0.3, -0.25) is 9.59 Å². The molecule has 3 aromatic carbocycles. The second-order valence-corrected chi connectivity index (χ2v) is 10.3. The van der Waals surface area contributed by atoms with E-state index in [-0.39, 0.29) is 11.3 Å². The fraction of sp³-hybridized carbons (Fsp3) is 0.200. The monoisotopic (exact) mass is 482 g/mol. The Hall–Kier alpha value is -3.00. The van der Waals surface area contributed by atoms with Crippen molar-refractivity contribution in [3.8, 4) is 0 Å². The Bertz CT molecular complexity index is 1280. The minimum absolute atomic E-state index is 0.0704. The van der Waals surface area contributed by atoms with Crippen LogP contribution in [0, 0.1) is 6.92 Å². The van der Waals surface area contributed by atoms with Gasteiger partial charge in [0.25, 0.3) is 5.91 Å². The van der Waals surface area contributed by atoms with Gasteiger partial charge >= 0.3 is 0 Å². The summed E-state index contributed by atoms with van der Waals surface area (Å²) >= 11 is 5.94. The molecule has 0 radical (unpaired) electrons. The summed E-state index contributed by atoms with van der Waals surface area (Å²) < 4.78 is 28.8. The number of aryl methyl sites for hydroxylation is 1. The molecule has 2 atom stereocenters. The lowest BCUT2D eigenvalue weighted by Gasteiger charge is -2.32. The highest BCUT2D eigenvalue weighted by molar-refractivity contribution is 7.89. The van der Waals surface area contributed by atoms with Crippen LogP contribution >= 0.6 is 11.6 Å². The van der Waals surface area contributed by atoms with Crippen molar-refractivity contribution >= 4 is 39.1 Å². The van der Waals surface area contributed by atoms with Crippen molar-refractivity contribution in [3.63, 3.8) is 0 Å². The van der Waals surface area contributed by atoms with Gasteiger partial charge in [-0.15, -0.1) is 0 Å². The van der Waals surface area contributed by atoms with E-state index in [4.69, 9.17) is 11.6 Å². The van der Waals surface area contributed by atoms with Gasteiger partial charge in [-0.1, -0.05) is 59.6 Å². The molecule has 8 heteroatoms. The highest BCUT2D eigenvalue weighted by Gasteiger charge is 2.48. The maximum Gasteiger partial charge on any atom is 0.252 e.